The first kappa shape index (κ1) is 15.3. The molecule has 1 aromatic carbocycles. The summed E-state index contributed by atoms with van der Waals surface area (Å²) in [5.41, 5.74) is 6.76. The van der Waals surface area contributed by atoms with E-state index in [0.29, 0.717) is 5.92 Å². The Kier molecular flexibility index (Phi) is 4.20. The molecule has 23 heavy (non-hydrogen) atoms. The molecule has 0 bridgehead atoms. The lowest BCUT2D eigenvalue weighted by Gasteiger charge is -2.15. The van der Waals surface area contributed by atoms with Gasteiger partial charge >= 0.3 is 0 Å². The van der Waals surface area contributed by atoms with E-state index in [0.717, 1.165) is 11.1 Å². The summed E-state index contributed by atoms with van der Waals surface area (Å²) in [5, 5.41) is 0. The van der Waals surface area contributed by atoms with Crippen molar-refractivity contribution in [1.82, 2.24) is 9.97 Å². The van der Waals surface area contributed by atoms with E-state index in [1.165, 1.54) is 28.3 Å². The molecular formula is C20H19FN2. The fourth-order valence-corrected chi connectivity index (χ4v) is 2.83. The third-order valence-corrected chi connectivity index (χ3v) is 4.05. The van der Waals surface area contributed by atoms with Crippen molar-refractivity contribution in [2.75, 3.05) is 0 Å². The van der Waals surface area contributed by atoms with Crippen LogP contribution in [-0.4, -0.2) is 9.97 Å². The number of hydrogen-bond donors (Lipinski definition) is 0. The van der Waals surface area contributed by atoms with Crippen LogP contribution in [0.5, 0.6) is 0 Å². The third kappa shape index (κ3) is 3.14. The summed E-state index contributed by atoms with van der Waals surface area (Å²) in [6.07, 6.45) is 5.33. The quantitative estimate of drug-likeness (QED) is 0.607. The molecule has 0 aliphatic rings. The molecule has 3 aromatic rings. The van der Waals surface area contributed by atoms with Crippen molar-refractivity contribution in [2.24, 2.45) is 0 Å². The standard InChI is InChI=1S/C20H19FN2/c1-13(2)17-8-9-22-12-19(17)18-6-4-15(10-14(18)3)16-5-7-20(21)23-11-16/h4-13H,1-3H3. The first-order valence-electron chi connectivity index (χ1n) is 7.73. The Hall–Kier alpha value is -2.55. The highest BCUT2D eigenvalue weighted by atomic mass is 19.1. The van der Waals surface area contributed by atoms with Gasteiger partial charge in [-0.1, -0.05) is 32.0 Å². The number of rotatable bonds is 3. The van der Waals surface area contributed by atoms with Gasteiger partial charge in [0.05, 0.1) is 0 Å². The Bertz CT molecular complexity index is 823. The molecule has 0 unspecified atom stereocenters. The zero-order valence-electron chi connectivity index (χ0n) is 13.5. The second-order valence-corrected chi connectivity index (χ2v) is 6.02. The lowest BCUT2D eigenvalue weighted by molar-refractivity contribution is 0.584. The highest BCUT2D eigenvalue weighted by molar-refractivity contribution is 5.75. The number of hydrogen-bond acceptors (Lipinski definition) is 2. The van der Waals surface area contributed by atoms with Gasteiger partial charge in [0, 0.05) is 29.7 Å². The molecular weight excluding hydrogens is 287 g/mol. The highest BCUT2D eigenvalue weighted by Crippen LogP contribution is 2.32. The largest absolute Gasteiger partial charge is 0.264 e. The predicted molar refractivity (Wildman–Crippen MR) is 91.7 cm³/mol. The van der Waals surface area contributed by atoms with Crippen LogP contribution in [-0.2, 0) is 0 Å². The van der Waals surface area contributed by atoms with Gasteiger partial charge in [-0.2, -0.15) is 4.39 Å². The maximum atomic E-state index is 13.0. The number of nitrogens with zero attached hydrogens (tertiary/aromatic N) is 2. The molecule has 0 aliphatic carbocycles. The molecule has 0 N–H and O–H groups in total. The van der Waals surface area contributed by atoms with Crippen LogP contribution in [0.2, 0.25) is 0 Å². The summed E-state index contributed by atoms with van der Waals surface area (Å²) in [5.74, 6) is -0.0209. The number of pyridine rings is 2. The summed E-state index contributed by atoms with van der Waals surface area (Å²) in [6.45, 7) is 6.46. The molecule has 0 radical (unpaired) electrons. The van der Waals surface area contributed by atoms with Gasteiger partial charge in [0.2, 0.25) is 5.95 Å². The van der Waals surface area contributed by atoms with Crippen molar-refractivity contribution in [2.45, 2.75) is 26.7 Å². The minimum atomic E-state index is -0.459. The van der Waals surface area contributed by atoms with E-state index in [2.05, 4.69) is 48.9 Å². The van der Waals surface area contributed by atoms with E-state index in [1.54, 1.807) is 12.3 Å². The Morgan fingerprint density at radius 2 is 1.70 bits per heavy atom. The van der Waals surface area contributed by atoms with E-state index in [9.17, 15) is 4.39 Å². The summed E-state index contributed by atoms with van der Waals surface area (Å²) in [7, 11) is 0. The van der Waals surface area contributed by atoms with Gasteiger partial charge in [0.25, 0.3) is 0 Å². The van der Waals surface area contributed by atoms with Gasteiger partial charge in [-0.3, -0.25) is 4.98 Å². The maximum Gasteiger partial charge on any atom is 0.212 e. The fourth-order valence-electron chi connectivity index (χ4n) is 2.83. The van der Waals surface area contributed by atoms with Gasteiger partial charge in [0.15, 0.2) is 0 Å². The summed E-state index contributed by atoms with van der Waals surface area (Å²) >= 11 is 0. The second kappa shape index (κ2) is 6.29. The molecule has 2 nitrogen and oxygen atoms in total. The molecule has 0 spiro atoms. The normalized spacial score (nSPS) is 11.0. The molecule has 0 saturated heterocycles. The van der Waals surface area contributed by atoms with Crippen molar-refractivity contribution in [3.63, 3.8) is 0 Å². The first-order valence-corrected chi connectivity index (χ1v) is 7.73. The van der Waals surface area contributed by atoms with Crippen molar-refractivity contribution in [1.29, 1.82) is 0 Å². The minimum absolute atomic E-state index is 0.438. The topological polar surface area (TPSA) is 25.8 Å². The lowest BCUT2D eigenvalue weighted by Crippen LogP contribution is -1.95. The molecule has 3 heteroatoms. The number of benzene rings is 1. The van der Waals surface area contributed by atoms with Gasteiger partial charge in [-0.25, -0.2) is 4.98 Å². The number of halogens is 1. The molecule has 3 rings (SSSR count). The minimum Gasteiger partial charge on any atom is -0.264 e. The van der Waals surface area contributed by atoms with Gasteiger partial charge in [-0.15, -0.1) is 0 Å². The molecule has 0 amide bonds. The number of aromatic nitrogens is 2. The van der Waals surface area contributed by atoms with E-state index >= 15 is 0 Å². The van der Waals surface area contributed by atoms with Crippen molar-refractivity contribution < 1.29 is 4.39 Å². The molecule has 0 aliphatic heterocycles. The highest BCUT2D eigenvalue weighted by Gasteiger charge is 2.11. The molecule has 116 valence electrons. The molecule has 0 atom stereocenters. The zero-order valence-corrected chi connectivity index (χ0v) is 13.5. The van der Waals surface area contributed by atoms with Gasteiger partial charge in [0.1, 0.15) is 0 Å². The Morgan fingerprint density at radius 1 is 0.913 bits per heavy atom. The van der Waals surface area contributed by atoms with Crippen LogP contribution in [0.25, 0.3) is 22.3 Å². The molecule has 2 aromatic heterocycles. The fraction of sp³-hybridized carbons (Fsp3) is 0.200. The zero-order chi connectivity index (χ0) is 16.4. The summed E-state index contributed by atoms with van der Waals surface area (Å²) in [6, 6.07) is 11.5. The van der Waals surface area contributed by atoms with E-state index in [-0.39, 0.29) is 0 Å². The molecule has 0 fully saturated rings. The van der Waals surface area contributed by atoms with E-state index in [1.807, 2.05) is 18.5 Å². The van der Waals surface area contributed by atoms with Gasteiger partial charge < -0.3 is 0 Å². The van der Waals surface area contributed by atoms with Gasteiger partial charge in [-0.05, 0) is 53.3 Å². The summed E-state index contributed by atoms with van der Waals surface area (Å²) in [4.78, 5) is 8.01. The van der Waals surface area contributed by atoms with Crippen molar-refractivity contribution in [3.8, 4) is 22.3 Å². The average Bonchev–Trinajstić information content (AvgIpc) is 2.55. The van der Waals surface area contributed by atoms with Crippen molar-refractivity contribution >= 4 is 0 Å². The van der Waals surface area contributed by atoms with Crippen LogP contribution in [0, 0.1) is 12.9 Å². The van der Waals surface area contributed by atoms with Crippen molar-refractivity contribution in [3.05, 3.63) is 72.1 Å². The maximum absolute atomic E-state index is 13.0. The molecule has 0 saturated carbocycles. The SMILES string of the molecule is Cc1cc(-c2ccc(F)nc2)ccc1-c1cnccc1C(C)C. The average molecular weight is 306 g/mol. The smallest absolute Gasteiger partial charge is 0.212 e. The van der Waals surface area contributed by atoms with Crippen LogP contribution in [0.4, 0.5) is 4.39 Å². The van der Waals surface area contributed by atoms with Crippen LogP contribution >= 0.6 is 0 Å². The summed E-state index contributed by atoms with van der Waals surface area (Å²) < 4.78 is 13.0. The van der Waals surface area contributed by atoms with Crippen LogP contribution < -0.4 is 0 Å². The number of aryl methyl sites for hydroxylation is 1. The van der Waals surface area contributed by atoms with E-state index < -0.39 is 5.95 Å². The van der Waals surface area contributed by atoms with E-state index in [4.69, 9.17) is 0 Å². The second-order valence-electron chi connectivity index (χ2n) is 6.02. The Labute approximate surface area is 136 Å². The Balaban J connectivity index is 2.05. The lowest BCUT2D eigenvalue weighted by atomic mass is 9.91. The first-order chi connectivity index (χ1) is 11.1. The third-order valence-electron chi connectivity index (χ3n) is 4.05. The Morgan fingerprint density at radius 3 is 2.35 bits per heavy atom. The monoisotopic (exact) mass is 306 g/mol. The van der Waals surface area contributed by atoms with Crippen LogP contribution in [0.3, 0.4) is 0 Å². The predicted octanol–water partition coefficient (Wildman–Crippen LogP) is 5.38. The van der Waals surface area contributed by atoms with Crippen LogP contribution in [0.15, 0.2) is 55.0 Å². The van der Waals surface area contributed by atoms with Crippen LogP contribution in [0.1, 0.15) is 30.9 Å². The molecule has 2 heterocycles.